The van der Waals surface area contributed by atoms with Crippen molar-refractivity contribution in [3.8, 4) is 0 Å². The second-order valence-electron chi connectivity index (χ2n) is 5.23. The van der Waals surface area contributed by atoms with E-state index in [-0.39, 0.29) is 10.8 Å². The monoisotopic (exact) mass is 218 g/mol. The molecule has 94 valence electrons. The summed E-state index contributed by atoms with van der Waals surface area (Å²) in [6.45, 7) is 15.1. The molecule has 0 aliphatic heterocycles. The Bertz CT molecular complexity index is 129. The highest BCUT2D eigenvalue weighted by Crippen LogP contribution is 2.17. The van der Waals surface area contributed by atoms with E-state index in [0.29, 0.717) is 26.3 Å². The molecule has 0 aromatic carbocycles. The predicted molar refractivity (Wildman–Crippen MR) is 67.8 cm³/mol. The van der Waals surface area contributed by atoms with Crippen LogP contribution in [0.5, 0.6) is 0 Å². The maximum absolute atomic E-state index is 5.58. The molecule has 0 rings (SSSR count). The Labute approximate surface area is 95.6 Å². The molecule has 0 aliphatic carbocycles. The summed E-state index contributed by atoms with van der Waals surface area (Å²) in [7, 11) is 0. The van der Waals surface area contributed by atoms with Crippen molar-refractivity contribution in [2.75, 3.05) is 26.3 Å². The molecule has 4 N–H and O–H groups in total. The van der Waals surface area contributed by atoms with Gasteiger partial charge in [0.1, 0.15) is 0 Å². The van der Waals surface area contributed by atoms with Gasteiger partial charge in [0.15, 0.2) is 0 Å². The Morgan fingerprint density at radius 3 is 1.27 bits per heavy atom. The molecule has 0 saturated heterocycles. The Morgan fingerprint density at radius 1 is 0.800 bits per heavy atom. The molecular weight excluding hydrogens is 188 g/mol. The average molecular weight is 218 g/mol. The normalized spacial score (nSPS) is 12.0. The van der Waals surface area contributed by atoms with Crippen LogP contribution in [0.4, 0.5) is 0 Å². The number of hydrogen-bond donors (Lipinski definition) is 2. The molecule has 15 heavy (non-hydrogen) atoms. The van der Waals surface area contributed by atoms with Crippen LogP contribution in [0.1, 0.15) is 41.5 Å². The van der Waals surface area contributed by atoms with Gasteiger partial charge in [-0.25, -0.2) is 0 Å². The van der Waals surface area contributed by atoms with Gasteiger partial charge in [0.25, 0.3) is 0 Å². The fourth-order valence-electron chi connectivity index (χ4n) is 0.721. The van der Waals surface area contributed by atoms with E-state index >= 15 is 0 Å². The first-order valence-electron chi connectivity index (χ1n) is 5.81. The minimum atomic E-state index is 0.0741. The average Bonchev–Trinajstić information content (AvgIpc) is 2.20. The predicted octanol–water partition coefficient (Wildman–Crippen LogP) is 2.00. The van der Waals surface area contributed by atoms with Gasteiger partial charge < -0.3 is 16.2 Å². The van der Waals surface area contributed by atoms with Crippen LogP contribution in [0.3, 0.4) is 0 Å². The van der Waals surface area contributed by atoms with Gasteiger partial charge in [0, 0.05) is 10.8 Å². The number of nitrogens with two attached hydrogens (primary N) is 2. The Hall–Kier alpha value is -0.120. The second-order valence-corrected chi connectivity index (χ2v) is 5.23. The van der Waals surface area contributed by atoms with Crippen molar-refractivity contribution in [3.05, 3.63) is 0 Å². The van der Waals surface area contributed by atoms with E-state index < -0.39 is 0 Å². The molecule has 0 unspecified atom stereocenters. The minimum absolute atomic E-state index is 0.0741. The zero-order valence-electron chi connectivity index (χ0n) is 11.4. The van der Waals surface area contributed by atoms with Crippen LogP contribution in [0.2, 0.25) is 0 Å². The van der Waals surface area contributed by atoms with Gasteiger partial charge in [-0.1, -0.05) is 41.5 Å². The van der Waals surface area contributed by atoms with Crippen LogP contribution < -0.4 is 11.5 Å². The van der Waals surface area contributed by atoms with Gasteiger partial charge in [0.05, 0.1) is 13.2 Å². The molecule has 0 atom stereocenters. The van der Waals surface area contributed by atoms with E-state index in [1.54, 1.807) is 0 Å². The van der Waals surface area contributed by atoms with Crippen molar-refractivity contribution in [1.82, 2.24) is 0 Å². The van der Waals surface area contributed by atoms with Crippen molar-refractivity contribution in [2.45, 2.75) is 41.5 Å². The summed E-state index contributed by atoms with van der Waals surface area (Å²) in [4.78, 5) is 0. The zero-order chi connectivity index (χ0) is 12.5. The van der Waals surface area contributed by atoms with Gasteiger partial charge in [-0.2, -0.15) is 0 Å². The summed E-state index contributed by atoms with van der Waals surface area (Å²) in [5, 5.41) is 0. The molecule has 3 heteroatoms. The number of ether oxygens (including phenoxy) is 1. The lowest BCUT2D eigenvalue weighted by molar-refractivity contribution is 0.0210. The Balaban J connectivity index is 0. The Kier molecular flexibility index (Phi) is 9.31. The lowest BCUT2D eigenvalue weighted by Gasteiger charge is -2.27. The first-order valence-corrected chi connectivity index (χ1v) is 5.81. The van der Waals surface area contributed by atoms with E-state index in [0.717, 1.165) is 0 Å². The van der Waals surface area contributed by atoms with Crippen molar-refractivity contribution < 1.29 is 4.74 Å². The fourth-order valence-corrected chi connectivity index (χ4v) is 0.721. The lowest BCUT2D eigenvalue weighted by atomic mass is 9.93. The molecule has 3 nitrogen and oxygen atoms in total. The zero-order valence-corrected chi connectivity index (χ0v) is 11.4. The van der Waals surface area contributed by atoms with Gasteiger partial charge >= 0.3 is 0 Å². The van der Waals surface area contributed by atoms with Crippen LogP contribution in [-0.4, -0.2) is 26.3 Å². The van der Waals surface area contributed by atoms with Gasteiger partial charge in [-0.05, 0) is 13.1 Å². The summed E-state index contributed by atoms with van der Waals surface area (Å²) in [5.74, 6) is 0. The van der Waals surface area contributed by atoms with E-state index in [2.05, 4.69) is 27.7 Å². The summed E-state index contributed by atoms with van der Waals surface area (Å²) < 4.78 is 5.58. The molecule has 0 saturated carbocycles. The standard InChI is InChI=1S/C10H24N2O.C2H6/c1-9(2,5-11)7-13-8-10(3,4)6-12;1-2/h5-8,11-12H2,1-4H3;1-2H3. The molecule has 0 spiro atoms. The molecule has 0 amide bonds. The molecule has 0 heterocycles. The van der Waals surface area contributed by atoms with Crippen LogP contribution >= 0.6 is 0 Å². The highest BCUT2D eigenvalue weighted by molar-refractivity contribution is 4.71. The molecule has 0 radical (unpaired) electrons. The summed E-state index contributed by atoms with van der Waals surface area (Å²) in [5.41, 5.74) is 11.3. The molecule has 0 bridgehead atoms. The highest BCUT2D eigenvalue weighted by Gasteiger charge is 2.20. The third-order valence-corrected chi connectivity index (χ3v) is 2.09. The summed E-state index contributed by atoms with van der Waals surface area (Å²) in [6.07, 6.45) is 0. The van der Waals surface area contributed by atoms with Gasteiger partial charge in [-0.15, -0.1) is 0 Å². The van der Waals surface area contributed by atoms with Crippen molar-refractivity contribution in [3.63, 3.8) is 0 Å². The van der Waals surface area contributed by atoms with Crippen molar-refractivity contribution in [2.24, 2.45) is 22.3 Å². The van der Waals surface area contributed by atoms with Crippen LogP contribution in [0.15, 0.2) is 0 Å². The third kappa shape index (κ3) is 10.2. The smallest absolute Gasteiger partial charge is 0.0529 e. The quantitative estimate of drug-likeness (QED) is 0.717. The van der Waals surface area contributed by atoms with E-state index in [9.17, 15) is 0 Å². The molecular formula is C12H30N2O. The summed E-state index contributed by atoms with van der Waals surface area (Å²) >= 11 is 0. The largest absolute Gasteiger partial charge is 0.380 e. The van der Waals surface area contributed by atoms with E-state index in [1.165, 1.54) is 0 Å². The van der Waals surface area contributed by atoms with E-state index in [1.807, 2.05) is 13.8 Å². The number of hydrogen-bond acceptors (Lipinski definition) is 3. The van der Waals surface area contributed by atoms with E-state index in [4.69, 9.17) is 16.2 Å². The lowest BCUT2D eigenvalue weighted by Crippen LogP contribution is -2.33. The molecule has 0 aromatic rings. The van der Waals surface area contributed by atoms with Crippen molar-refractivity contribution in [1.29, 1.82) is 0 Å². The second kappa shape index (κ2) is 8.08. The fraction of sp³-hybridized carbons (Fsp3) is 1.00. The van der Waals surface area contributed by atoms with Crippen LogP contribution in [-0.2, 0) is 4.74 Å². The molecule has 0 aromatic heterocycles. The maximum atomic E-state index is 5.58. The summed E-state index contributed by atoms with van der Waals surface area (Å²) in [6, 6.07) is 0. The van der Waals surface area contributed by atoms with Gasteiger partial charge in [0.2, 0.25) is 0 Å². The highest BCUT2D eigenvalue weighted by atomic mass is 16.5. The number of rotatable bonds is 6. The third-order valence-electron chi connectivity index (χ3n) is 2.09. The SMILES string of the molecule is CC.CC(C)(CN)COCC(C)(C)CN. The van der Waals surface area contributed by atoms with Crippen molar-refractivity contribution >= 4 is 0 Å². The molecule has 0 fully saturated rings. The maximum Gasteiger partial charge on any atom is 0.0529 e. The van der Waals surface area contributed by atoms with Crippen LogP contribution in [0.25, 0.3) is 0 Å². The van der Waals surface area contributed by atoms with Gasteiger partial charge in [-0.3, -0.25) is 0 Å². The van der Waals surface area contributed by atoms with Crippen LogP contribution in [0, 0.1) is 10.8 Å². The topological polar surface area (TPSA) is 61.3 Å². The molecule has 0 aliphatic rings. The minimum Gasteiger partial charge on any atom is -0.380 e. The first kappa shape index (κ1) is 17.3. The first-order chi connectivity index (χ1) is 6.83. The Morgan fingerprint density at radius 2 is 1.07 bits per heavy atom.